The number of aliphatic carboxylic acids is 1. The maximum Gasteiger partial charge on any atom is 0.326 e. The molecule has 0 aliphatic heterocycles. The van der Waals surface area contributed by atoms with Crippen molar-refractivity contribution in [2.45, 2.75) is 25.9 Å². The van der Waals surface area contributed by atoms with E-state index in [1.54, 1.807) is 69.4 Å². The van der Waals surface area contributed by atoms with Gasteiger partial charge in [0.25, 0.3) is 5.91 Å². The zero-order valence-corrected chi connectivity index (χ0v) is 18.4. The molecule has 2 atom stereocenters. The predicted molar refractivity (Wildman–Crippen MR) is 119 cm³/mol. The smallest absolute Gasteiger partial charge is 0.326 e. The number of carboxylic acids is 1. The van der Waals surface area contributed by atoms with Gasteiger partial charge in [0, 0.05) is 7.05 Å². The Morgan fingerprint density at radius 2 is 1.62 bits per heavy atom. The minimum atomic E-state index is -1.16. The van der Waals surface area contributed by atoms with Crippen molar-refractivity contribution in [2.24, 2.45) is 0 Å². The van der Waals surface area contributed by atoms with Crippen LogP contribution in [0.5, 0.6) is 5.75 Å². The van der Waals surface area contributed by atoms with Gasteiger partial charge in [0.05, 0.1) is 18.3 Å². The lowest BCUT2D eigenvalue weighted by molar-refractivity contribution is -0.149. The second-order valence-electron chi connectivity index (χ2n) is 6.97. The van der Waals surface area contributed by atoms with Crippen molar-refractivity contribution in [3.8, 4) is 5.75 Å². The second-order valence-corrected chi connectivity index (χ2v) is 6.97. The molecule has 0 heterocycles. The van der Waals surface area contributed by atoms with Gasteiger partial charge in [-0.2, -0.15) is 0 Å². The first-order valence-corrected chi connectivity index (χ1v) is 10.3. The lowest BCUT2D eigenvalue weighted by Gasteiger charge is -2.35. The molecule has 2 aromatic carbocycles. The number of nitrogens with zero attached hydrogens (tertiary/aromatic N) is 2. The molecule has 1 unspecified atom stereocenters. The molecular weight excluding hydrogens is 414 g/mol. The van der Waals surface area contributed by atoms with E-state index < -0.39 is 36.5 Å². The molecule has 2 aromatic rings. The quantitative estimate of drug-likeness (QED) is 0.379. The number of carbonyl (C=O) groups is 3. The summed E-state index contributed by atoms with van der Waals surface area (Å²) in [6.07, 6.45) is 0. The van der Waals surface area contributed by atoms with E-state index in [1.807, 2.05) is 12.1 Å². The number of nitrogens with one attached hydrogen (secondary N) is 1. The largest absolute Gasteiger partial charge is 0.491 e. The fourth-order valence-electron chi connectivity index (χ4n) is 2.96. The number of esters is 1. The molecule has 0 saturated heterocycles. The number of hydrazine groups is 1. The third-order valence-corrected chi connectivity index (χ3v) is 4.58. The Labute approximate surface area is 187 Å². The van der Waals surface area contributed by atoms with Gasteiger partial charge >= 0.3 is 11.9 Å². The molecule has 0 bridgehead atoms. The Bertz CT molecular complexity index is 878. The molecule has 0 saturated carbocycles. The molecule has 0 aliphatic carbocycles. The number of benzene rings is 2. The van der Waals surface area contributed by atoms with Gasteiger partial charge in [0.2, 0.25) is 0 Å². The molecule has 2 N–H and O–H groups in total. The van der Waals surface area contributed by atoms with E-state index in [0.717, 1.165) is 5.01 Å². The highest BCUT2D eigenvalue weighted by atomic mass is 16.5. The van der Waals surface area contributed by atoms with Crippen molar-refractivity contribution in [2.75, 3.05) is 31.8 Å². The molecule has 32 heavy (non-hydrogen) atoms. The Morgan fingerprint density at radius 3 is 2.19 bits per heavy atom. The van der Waals surface area contributed by atoms with Crippen molar-refractivity contribution in [1.82, 2.24) is 10.3 Å². The van der Waals surface area contributed by atoms with Crippen LogP contribution in [0.15, 0.2) is 60.7 Å². The minimum absolute atomic E-state index is 0.0616. The van der Waals surface area contributed by atoms with E-state index in [0.29, 0.717) is 11.4 Å². The van der Waals surface area contributed by atoms with Crippen LogP contribution in [0.2, 0.25) is 0 Å². The second kappa shape index (κ2) is 12.3. The van der Waals surface area contributed by atoms with E-state index >= 15 is 0 Å². The van der Waals surface area contributed by atoms with Crippen LogP contribution >= 0.6 is 0 Å². The van der Waals surface area contributed by atoms with Crippen molar-refractivity contribution in [1.29, 1.82) is 0 Å². The van der Waals surface area contributed by atoms with Gasteiger partial charge in [-0.15, -0.1) is 0 Å². The summed E-state index contributed by atoms with van der Waals surface area (Å²) >= 11 is 0. The summed E-state index contributed by atoms with van der Waals surface area (Å²) in [7, 11) is 1.60. The first kappa shape index (κ1) is 24.7. The Morgan fingerprint density at radius 1 is 1.03 bits per heavy atom. The molecule has 0 spiro atoms. The van der Waals surface area contributed by atoms with Crippen molar-refractivity contribution in [3.63, 3.8) is 0 Å². The lowest BCUT2D eigenvalue weighted by atomic mass is 10.2. The fraction of sp³-hybridized carbons (Fsp3) is 0.348. The van der Waals surface area contributed by atoms with Crippen molar-refractivity contribution < 1.29 is 29.0 Å². The minimum Gasteiger partial charge on any atom is -0.491 e. The molecule has 172 valence electrons. The highest BCUT2D eigenvalue weighted by molar-refractivity contribution is 5.87. The van der Waals surface area contributed by atoms with Crippen LogP contribution in [0.3, 0.4) is 0 Å². The number of hydrogen-bond donors (Lipinski definition) is 2. The maximum atomic E-state index is 13.1. The van der Waals surface area contributed by atoms with Gasteiger partial charge < -0.3 is 14.6 Å². The van der Waals surface area contributed by atoms with Crippen LogP contribution < -0.4 is 15.1 Å². The van der Waals surface area contributed by atoms with Crippen molar-refractivity contribution in [3.05, 3.63) is 60.7 Å². The topological polar surface area (TPSA) is 108 Å². The predicted octanol–water partition coefficient (Wildman–Crippen LogP) is 1.94. The first-order valence-electron chi connectivity index (χ1n) is 10.3. The van der Waals surface area contributed by atoms with E-state index in [1.165, 1.54) is 5.01 Å². The Kier molecular flexibility index (Phi) is 9.49. The molecule has 9 nitrogen and oxygen atoms in total. The lowest BCUT2D eigenvalue weighted by Crippen LogP contribution is -2.57. The first-order chi connectivity index (χ1) is 15.3. The molecule has 0 fully saturated rings. The summed E-state index contributed by atoms with van der Waals surface area (Å²) in [5, 5.41) is 14.8. The van der Waals surface area contributed by atoms with Gasteiger partial charge in [-0.05, 0) is 38.1 Å². The van der Waals surface area contributed by atoms with Gasteiger partial charge in [0.15, 0.2) is 0 Å². The van der Waals surface area contributed by atoms with Gasteiger partial charge in [-0.25, -0.2) is 5.01 Å². The number of ether oxygens (including phenoxy) is 2. The van der Waals surface area contributed by atoms with Gasteiger partial charge in [-0.1, -0.05) is 36.4 Å². The SMILES string of the molecule is CCOC(=O)C(COc1ccccc1)N[C@@H](C)C(=O)N(CC(=O)O)N(C)c1ccccc1. The summed E-state index contributed by atoms with van der Waals surface area (Å²) < 4.78 is 10.8. The normalized spacial score (nSPS) is 12.3. The van der Waals surface area contributed by atoms with E-state index in [-0.39, 0.29) is 13.2 Å². The Hall–Kier alpha value is -3.59. The molecule has 9 heteroatoms. The fourth-order valence-corrected chi connectivity index (χ4v) is 2.96. The number of carbonyl (C=O) groups excluding carboxylic acids is 2. The average molecular weight is 444 g/mol. The summed E-state index contributed by atoms with van der Waals surface area (Å²) in [6.45, 7) is 2.82. The van der Waals surface area contributed by atoms with E-state index in [4.69, 9.17) is 9.47 Å². The third-order valence-electron chi connectivity index (χ3n) is 4.58. The Balaban J connectivity index is 2.14. The number of amides is 1. The van der Waals surface area contributed by atoms with E-state index in [9.17, 15) is 19.5 Å². The van der Waals surface area contributed by atoms with Crippen LogP contribution in [0.1, 0.15) is 13.8 Å². The highest BCUT2D eigenvalue weighted by Gasteiger charge is 2.31. The van der Waals surface area contributed by atoms with Crippen LogP contribution in [-0.4, -0.2) is 66.9 Å². The van der Waals surface area contributed by atoms with Crippen LogP contribution in [0.4, 0.5) is 5.69 Å². The third kappa shape index (κ3) is 7.28. The summed E-state index contributed by atoms with van der Waals surface area (Å²) in [5.74, 6) is -1.68. The van der Waals surface area contributed by atoms with Crippen LogP contribution in [0, 0.1) is 0 Å². The maximum absolute atomic E-state index is 13.1. The van der Waals surface area contributed by atoms with Crippen LogP contribution in [-0.2, 0) is 19.1 Å². The number of carboxylic acid groups (broad SMARTS) is 1. The average Bonchev–Trinajstić information content (AvgIpc) is 2.80. The molecule has 0 aromatic heterocycles. The monoisotopic (exact) mass is 443 g/mol. The van der Waals surface area contributed by atoms with Crippen LogP contribution in [0.25, 0.3) is 0 Å². The van der Waals surface area contributed by atoms with E-state index in [2.05, 4.69) is 5.32 Å². The summed E-state index contributed by atoms with van der Waals surface area (Å²) in [6, 6.07) is 16.0. The number of anilines is 1. The zero-order chi connectivity index (χ0) is 23.5. The number of rotatable bonds is 12. The zero-order valence-electron chi connectivity index (χ0n) is 18.4. The van der Waals surface area contributed by atoms with Crippen molar-refractivity contribution >= 4 is 23.5 Å². The standard InChI is InChI=1S/C23H29N3O6/c1-4-31-23(30)20(16-32-19-13-9-6-10-14-19)24-17(2)22(29)26(15-21(27)28)25(3)18-11-7-5-8-12-18/h5-14,17,20,24H,4,15-16H2,1-3H3,(H,27,28)/t17-,20?/m0/s1. The number of hydrogen-bond acceptors (Lipinski definition) is 7. The van der Waals surface area contributed by atoms with Gasteiger partial charge in [0.1, 0.15) is 24.9 Å². The highest BCUT2D eigenvalue weighted by Crippen LogP contribution is 2.15. The van der Waals surface area contributed by atoms with Gasteiger partial charge in [-0.3, -0.25) is 24.7 Å². The molecule has 0 aliphatic rings. The molecular formula is C23H29N3O6. The molecule has 2 rings (SSSR count). The summed E-state index contributed by atoms with van der Waals surface area (Å²) in [5.41, 5.74) is 0.642. The molecule has 0 radical (unpaired) electrons. The summed E-state index contributed by atoms with van der Waals surface area (Å²) in [4.78, 5) is 37.0. The molecule has 1 amide bonds. The number of para-hydroxylation sites is 2.